The third-order valence-electron chi connectivity index (χ3n) is 2.56. The molecule has 0 atom stereocenters. The maximum absolute atomic E-state index is 10.6. The zero-order chi connectivity index (χ0) is 15.4. The van der Waals surface area contributed by atoms with Gasteiger partial charge in [-0.3, -0.25) is 20.2 Å². The fraction of sp³-hybridized carbons (Fsp3) is 0. The zero-order valence-electron chi connectivity index (χ0n) is 10.4. The molecule has 2 rings (SSSR count). The number of nitrogens with zero attached hydrogens (tertiary/aromatic N) is 4. The van der Waals surface area contributed by atoms with E-state index < -0.39 is 9.85 Å². The Bertz CT molecular complexity index is 751. The van der Waals surface area contributed by atoms with Crippen molar-refractivity contribution in [1.29, 1.82) is 5.26 Å². The fourth-order valence-corrected chi connectivity index (χ4v) is 1.55. The second kappa shape index (κ2) is 5.62. The van der Waals surface area contributed by atoms with E-state index in [9.17, 15) is 20.2 Å². The van der Waals surface area contributed by atoms with Crippen LogP contribution in [0.2, 0.25) is 0 Å². The maximum atomic E-state index is 10.6. The lowest BCUT2D eigenvalue weighted by Gasteiger charge is -2.06. The number of rotatable bonds is 4. The number of pyridine rings is 1. The fourth-order valence-electron chi connectivity index (χ4n) is 1.55. The average Bonchev–Trinajstić information content (AvgIpc) is 2.48. The number of non-ortho nitro benzene ring substituents is 1. The first-order valence-corrected chi connectivity index (χ1v) is 5.57. The number of nitro groups is 2. The van der Waals surface area contributed by atoms with Crippen LogP contribution in [-0.4, -0.2) is 14.8 Å². The van der Waals surface area contributed by atoms with Crippen molar-refractivity contribution in [2.45, 2.75) is 0 Å². The molecule has 2 aromatic rings. The molecular formula is C12H7N5O4. The molecule has 0 fully saturated rings. The van der Waals surface area contributed by atoms with Crippen LogP contribution in [0.1, 0.15) is 5.56 Å². The number of nitro benzene ring substituents is 1. The molecule has 1 N–H and O–H groups in total. The summed E-state index contributed by atoms with van der Waals surface area (Å²) in [5, 5.41) is 32.9. The number of anilines is 2. The molecule has 0 radical (unpaired) electrons. The Labute approximate surface area is 117 Å². The third-order valence-corrected chi connectivity index (χ3v) is 2.56. The van der Waals surface area contributed by atoms with Gasteiger partial charge in [-0.05, 0) is 12.1 Å². The number of nitrogens with one attached hydrogen (secondary N) is 1. The molecule has 0 saturated carbocycles. The summed E-state index contributed by atoms with van der Waals surface area (Å²) in [6.45, 7) is 0. The predicted molar refractivity (Wildman–Crippen MR) is 72.0 cm³/mol. The summed E-state index contributed by atoms with van der Waals surface area (Å²) < 4.78 is 0. The summed E-state index contributed by atoms with van der Waals surface area (Å²) in [5.41, 5.74) is 0.0346. The Balaban J connectivity index is 2.29. The van der Waals surface area contributed by atoms with Crippen LogP contribution in [0.4, 0.5) is 22.9 Å². The van der Waals surface area contributed by atoms with E-state index in [2.05, 4.69) is 10.3 Å². The minimum absolute atomic E-state index is 0.0735. The van der Waals surface area contributed by atoms with E-state index in [1.807, 2.05) is 6.07 Å². The topological polar surface area (TPSA) is 135 Å². The molecule has 0 unspecified atom stereocenters. The van der Waals surface area contributed by atoms with Gasteiger partial charge in [-0.1, -0.05) is 0 Å². The Kier molecular flexibility index (Phi) is 3.71. The number of benzene rings is 1. The van der Waals surface area contributed by atoms with Crippen molar-refractivity contribution in [3.8, 4) is 6.07 Å². The normalized spacial score (nSPS) is 9.67. The summed E-state index contributed by atoms with van der Waals surface area (Å²) >= 11 is 0. The highest BCUT2D eigenvalue weighted by Crippen LogP contribution is 2.24. The molecule has 1 heterocycles. The molecule has 0 amide bonds. The molecule has 9 nitrogen and oxygen atoms in total. The van der Waals surface area contributed by atoms with Gasteiger partial charge in [0.15, 0.2) is 0 Å². The second-order valence-corrected chi connectivity index (χ2v) is 3.88. The Morgan fingerprint density at radius 2 is 1.76 bits per heavy atom. The quantitative estimate of drug-likeness (QED) is 0.673. The summed E-state index contributed by atoms with van der Waals surface area (Å²) in [6, 6.07) is 8.22. The summed E-state index contributed by atoms with van der Waals surface area (Å²) in [4.78, 5) is 23.8. The second-order valence-electron chi connectivity index (χ2n) is 3.88. The largest absolute Gasteiger partial charge is 0.339 e. The highest BCUT2D eigenvalue weighted by Gasteiger charge is 2.12. The van der Waals surface area contributed by atoms with Gasteiger partial charge < -0.3 is 5.32 Å². The molecule has 9 heteroatoms. The van der Waals surface area contributed by atoms with Crippen molar-refractivity contribution in [3.05, 3.63) is 62.3 Å². The van der Waals surface area contributed by atoms with Crippen molar-refractivity contribution in [1.82, 2.24) is 4.98 Å². The summed E-state index contributed by atoms with van der Waals surface area (Å²) in [6.07, 6.45) is 1.07. The van der Waals surface area contributed by atoms with Crippen molar-refractivity contribution >= 4 is 22.9 Å². The van der Waals surface area contributed by atoms with Crippen LogP contribution < -0.4 is 5.32 Å². The molecule has 0 bridgehead atoms. The molecule has 21 heavy (non-hydrogen) atoms. The molecule has 0 spiro atoms. The van der Waals surface area contributed by atoms with Crippen molar-refractivity contribution in [3.63, 3.8) is 0 Å². The van der Waals surface area contributed by atoms with Crippen LogP contribution >= 0.6 is 0 Å². The number of hydrogen-bond acceptors (Lipinski definition) is 7. The van der Waals surface area contributed by atoms with Crippen LogP contribution in [0, 0.1) is 31.6 Å². The van der Waals surface area contributed by atoms with E-state index in [0.29, 0.717) is 5.69 Å². The molecule has 104 valence electrons. The standard InChI is InChI=1S/C12H7N5O4/c13-6-8-5-9(16(18)19)1-3-11(8)15-12-4-2-10(7-14-12)17(20)21/h1-5,7H,(H,14,15). The summed E-state index contributed by atoms with van der Waals surface area (Å²) in [7, 11) is 0. The van der Waals surface area contributed by atoms with Gasteiger partial charge in [-0.25, -0.2) is 4.98 Å². The number of nitriles is 1. The maximum Gasteiger partial charge on any atom is 0.287 e. The zero-order valence-corrected chi connectivity index (χ0v) is 10.4. The Hall–Kier alpha value is -3.54. The number of hydrogen-bond donors (Lipinski definition) is 1. The van der Waals surface area contributed by atoms with Crippen LogP contribution in [0.5, 0.6) is 0 Å². The lowest BCUT2D eigenvalue weighted by molar-refractivity contribution is -0.385. The van der Waals surface area contributed by atoms with Crippen molar-refractivity contribution in [2.75, 3.05) is 5.32 Å². The van der Waals surface area contributed by atoms with Gasteiger partial charge in [0.25, 0.3) is 11.4 Å². The van der Waals surface area contributed by atoms with Crippen LogP contribution in [-0.2, 0) is 0 Å². The van der Waals surface area contributed by atoms with Gasteiger partial charge in [0.2, 0.25) is 0 Å². The summed E-state index contributed by atoms with van der Waals surface area (Å²) in [5.74, 6) is 0.283. The number of aromatic nitrogens is 1. The van der Waals surface area contributed by atoms with E-state index in [0.717, 1.165) is 12.3 Å². The van der Waals surface area contributed by atoms with E-state index in [4.69, 9.17) is 5.26 Å². The first-order valence-electron chi connectivity index (χ1n) is 5.57. The monoisotopic (exact) mass is 285 g/mol. The predicted octanol–water partition coefficient (Wildman–Crippen LogP) is 2.51. The molecule has 1 aromatic carbocycles. The van der Waals surface area contributed by atoms with E-state index in [-0.39, 0.29) is 22.8 Å². The lowest BCUT2D eigenvalue weighted by atomic mass is 10.1. The van der Waals surface area contributed by atoms with Crippen molar-refractivity contribution in [2.24, 2.45) is 0 Å². The van der Waals surface area contributed by atoms with E-state index in [1.165, 1.54) is 24.3 Å². The first-order chi connectivity index (χ1) is 10.0. The lowest BCUT2D eigenvalue weighted by Crippen LogP contribution is -1.98. The third kappa shape index (κ3) is 3.07. The Morgan fingerprint density at radius 3 is 2.29 bits per heavy atom. The Morgan fingerprint density at radius 1 is 1.10 bits per heavy atom. The van der Waals surface area contributed by atoms with Gasteiger partial charge in [-0.15, -0.1) is 0 Å². The van der Waals surface area contributed by atoms with Gasteiger partial charge in [-0.2, -0.15) is 5.26 Å². The minimum atomic E-state index is -0.602. The van der Waals surface area contributed by atoms with E-state index in [1.54, 1.807) is 0 Å². The van der Waals surface area contributed by atoms with Gasteiger partial charge in [0.05, 0.1) is 21.1 Å². The molecule has 0 aliphatic rings. The van der Waals surface area contributed by atoms with Gasteiger partial charge in [0, 0.05) is 18.2 Å². The minimum Gasteiger partial charge on any atom is -0.339 e. The SMILES string of the molecule is N#Cc1cc([N+](=O)[O-])ccc1Nc1ccc([N+](=O)[O-])cn1. The first kappa shape index (κ1) is 13.9. The van der Waals surface area contributed by atoms with Crippen LogP contribution in [0.25, 0.3) is 0 Å². The van der Waals surface area contributed by atoms with Crippen LogP contribution in [0.3, 0.4) is 0 Å². The molecular weight excluding hydrogens is 278 g/mol. The van der Waals surface area contributed by atoms with Crippen molar-refractivity contribution < 1.29 is 9.85 Å². The van der Waals surface area contributed by atoms with E-state index >= 15 is 0 Å². The average molecular weight is 285 g/mol. The smallest absolute Gasteiger partial charge is 0.287 e. The molecule has 1 aromatic heterocycles. The highest BCUT2D eigenvalue weighted by molar-refractivity contribution is 5.67. The van der Waals surface area contributed by atoms with Crippen LogP contribution in [0.15, 0.2) is 36.5 Å². The molecule has 0 aliphatic heterocycles. The van der Waals surface area contributed by atoms with Gasteiger partial charge >= 0.3 is 0 Å². The van der Waals surface area contributed by atoms with Gasteiger partial charge in [0.1, 0.15) is 18.1 Å². The molecule has 0 aliphatic carbocycles. The highest BCUT2D eigenvalue weighted by atomic mass is 16.6. The molecule has 0 saturated heterocycles.